The van der Waals surface area contributed by atoms with Gasteiger partial charge < -0.3 is 14.9 Å². The Morgan fingerprint density at radius 2 is 1.93 bits per heavy atom. The lowest BCUT2D eigenvalue weighted by molar-refractivity contribution is -0.131. The van der Waals surface area contributed by atoms with E-state index >= 15 is 0 Å². The van der Waals surface area contributed by atoms with E-state index in [9.17, 15) is 14.7 Å². The third-order valence-electron chi connectivity index (χ3n) is 3.70. The minimum absolute atomic E-state index is 0.0500. The summed E-state index contributed by atoms with van der Waals surface area (Å²) in [7, 11) is 0. The average Bonchev–Trinajstić information content (AvgIpc) is 2.63. The van der Waals surface area contributed by atoms with Gasteiger partial charge in [0.1, 0.15) is 11.9 Å². The van der Waals surface area contributed by atoms with Crippen molar-refractivity contribution < 1.29 is 24.5 Å². The summed E-state index contributed by atoms with van der Waals surface area (Å²) in [6.07, 6.45) is 2.93. The second kappa shape index (κ2) is 10.6. The van der Waals surface area contributed by atoms with Crippen LogP contribution in [0.5, 0.6) is 5.75 Å². The van der Waals surface area contributed by atoms with Crippen molar-refractivity contribution in [1.82, 2.24) is 0 Å². The summed E-state index contributed by atoms with van der Waals surface area (Å²) in [6, 6.07) is 14.0. The first-order chi connectivity index (χ1) is 13.0. The molecule has 7 heteroatoms. The lowest BCUT2D eigenvalue weighted by Gasteiger charge is -2.20. The highest BCUT2D eigenvalue weighted by molar-refractivity contribution is 14.1. The monoisotopic (exact) mass is 481 g/mol. The lowest BCUT2D eigenvalue weighted by atomic mass is 10.0. The summed E-state index contributed by atoms with van der Waals surface area (Å²) < 4.78 is 6.46. The molecule has 142 valence electrons. The Bertz CT molecular complexity index is 807. The first kappa shape index (κ1) is 20.8. The van der Waals surface area contributed by atoms with Crippen LogP contribution in [-0.2, 0) is 9.53 Å². The molecule has 0 aliphatic heterocycles. The molecule has 1 atom stereocenters. The standard InChI is InChI=1S/C20H20INO5/c21-14-11-12-17(23)16(13-14)18(9-5-2-6-10-19(24)25)27-20(26)22-15-7-3-1-4-8-15/h1,3-4,6-8,10-13,18,23H,2,5,9H2,(H,22,26)(H,24,25)/b10-6+/t18-/m1/s1. The van der Waals surface area contributed by atoms with E-state index in [-0.39, 0.29) is 5.75 Å². The van der Waals surface area contributed by atoms with E-state index in [1.807, 2.05) is 6.07 Å². The molecule has 27 heavy (non-hydrogen) atoms. The number of carbonyl (C=O) groups excluding carboxylic acids is 1. The number of hydrogen-bond donors (Lipinski definition) is 3. The number of aliphatic carboxylic acids is 1. The van der Waals surface area contributed by atoms with E-state index in [2.05, 4.69) is 27.9 Å². The molecule has 0 spiro atoms. The van der Waals surface area contributed by atoms with Crippen LogP contribution in [0.2, 0.25) is 0 Å². The van der Waals surface area contributed by atoms with Crippen LogP contribution in [0.1, 0.15) is 30.9 Å². The summed E-state index contributed by atoms with van der Waals surface area (Å²) in [5, 5.41) is 21.5. The van der Waals surface area contributed by atoms with E-state index in [1.54, 1.807) is 48.5 Å². The summed E-state index contributed by atoms with van der Waals surface area (Å²) >= 11 is 2.12. The van der Waals surface area contributed by atoms with Crippen molar-refractivity contribution >= 4 is 40.3 Å². The number of benzene rings is 2. The maximum absolute atomic E-state index is 12.3. The largest absolute Gasteiger partial charge is 0.508 e. The number of hydrogen-bond acceptors (Lipinski definition) is 4. The highest BCUT2D eigenvalue weighted by Gasteiger charge is 2.20. The zero-order chi connectivity index (χ0) is 19.6. The molecule has 0 saturated carbocycles. The van der Waals surface area contributed by atoms with Crippen LogP contribution in [0.25, 0.3) is 0 Å². The van der Waals surface area contributed by atoms with Crippen LogP contribution in [-0.4, -0.2) is 22.3 Å². The quantitative estimate of drug-likeness (QED) is 0.277. The average molecular weight is 481 g/mol. The molecule has 0 heterocycles. The van der Waals surface area contributed by atoms with E-state index in [0.29, 0.717) is 30.5 Å². The summed E-state index contributed by atoms with van der Waals surface area (Å²) in [6.45, 7) is 0. The molecular formula is C20H20INO5. The van der Waals surface area contributed by atoms with Crippen molar-refractivity contribution in [1.29, 1.82) is 0 Å². The van der Waals surface area contributed by atoms with E-state index in [0.717, 1.165) is 9.65 Å². The molecule has 0 saturated heterocycles. The minimum atomic E-state index is -1.000. The Morgan fingerprint density at radius 1 is 1.19 bits per heavy atom. The van der Waals surface area contributed by atoms with Gasteiger partial charge in [-0.05, 0) is 72.2 Å². The fraction of sp³-hybridized carbons (Fsp3) is 0.200. The van der Waals surface area contributed by atoms with E-state index < -0.39 is 18.2 Å². The maximum atomic E-state index is 12.3. The van der Waals surface area contributed by atoms with Gasteiger partial charge in [0.05, 0.1) is 0 Å². The number of carboxylic acid groups (broad SMARTS) is 1. The number of phenolic OH excluding ortho intramolecular Hbond substituents is 1. The van der Waals surface area contributed by atoms with Crippen LogP contribution in [0.4, 0.5) is 10.5 Å². The van der Waals surface area contributed by atoms with E-state index in [4.69, 9.17) is 9.84 Å². The van der Waals surface area contributed by atoms with Crippen LogP contribution in [0.15, 0.2) is 60.7 Å². The Morgan fingerprint density at radius 3 is 2.63 bits per heavy atom. The summed E-state index contributed by atoms with van der Waals surface area (Å²) in [4.78, 5) is 22.8. The number of halogens is 1. The highest BCUT2D eigenvalue weighted by Crippen LogP contribution is 2.32. The smallest absolute Gasteiger partial charge is 0.412 e. The third kappa shape index (κ3) is 7.30. The molecule has 0 unspecified atom stereocenters. The van der Waals surface area contributed by atoms with Gasteiger partial charge in [0, 0.05) is 20.9 Å². The minimum Gasteiger partial charge on any atom is -0.508 e. The third-order valence-corrected chi connectivity index (χ3v) is 4.37. The number of ether oxygens (including phenoxy) is 1. The van der Waals surface area contributed by atoms with Crippen LogP contribution < -0.4 is 5.32 Å². The van der Waals surface area contributed by atoms with Gasteiger partial charge in [0.15, 0.2) is 0 Å². The van der Waals surface area contributed by atoms with Gasteiger partial charge in [0.25, 0.3) is 0 Å². The molecule has 2 aromatic rings. The Labute approximate surface area is 171 Å². The zero-order valence-electron chi connectivity index (χ0n) is 14.5. The number of rotatable bonds is 8. The van der Waals surface area contributed by atoms with Crippen molar-refractivity contribution in [3.05, 3.63) is 69.8 Å². The molecule has 1 amide bonds. The number of allylic oxidation sites excluding steroid dienone is 1. The van der Waals surface area contributed by atoms with Gasteiger partial charge in [-0.15, -0.1) is 0 Å². The second-order valence-electron chi connectivity index (χ2n) is 5.76. The van der Waals surface area contributed by atoms with Crippen LogP contribution in [0.3, 0.4) is 0 Å². The van der Waals surface area contributed by atoms with Crippen LogP contribution >= 0.6 is 22.6 Å². The summed E-state index contributed by atoms with van der Waals surface area (Å²) in [5.74, 6) is -0.950. The normalized spacial score (nSPS) is 11.9. The number of amides is 1. The molecule has 0 radical (unpaired) electrons. The van der Waals surface area contributed by atoms with Crippen molar-refractivity contribution in [2.45, 2.75) is 25.4 Å². The van der Waals surface area contributed by atoms with Gasteiger partial charge >= 0.3 is 12.1 Å². The topological polar surface area (TPSA) is 95.9 Å². The van der Waals surface area contributed by atoms with E-state index in [1.165, 1.54) is 0 Å². The molecular weight excluding hydrogens is 461 g/mol. The number of aromatic hydroxyl groups is 1. The fourth-order valence-corrected chi connectivity index (χ4v) is 2.98. The molecule has 0 aromatic heterocycles. The number of carbonyl (C=O) groups is 2. The number of phenols is 1. The first-order valence-corrected chi connectivity index (χ1v) is 9.44. The van der Waals surface area contributed by atoms with Crippen molar-refractivity contribution in [3.63, 3.8) is 0 Å². The highest BCUT2D eigenvalue weighted by atomic mass is 127. The zero-order valence-corrected chi connectivity index (χ0v) is 16.6. The molecule has 0 bridgehead atoms. The number of carboxylic acids is 1. The van der Waals surface area contributed by atoms with Gasteiger partial charge in [-0.25, -0.2) is 9.59 Å². The summed E-state index contributed by atoms with van der Waals surface area (Å²) in [5.41, 5.74) is 1.13. The van der Waals surface area contributed by atoms with Gasteiger partial charge in [-0.3, -0.25) is 5.32 Å². The van der Waals surface area contributed by atoms with Crippen molar-refractivity contribution in [3.8, 4) is 5.75 Å². The number of nitrogens with one attached hydrogen (secondary N) is 1. The number of unbranched alkanes of at least 4 members (excludes halogenated alkanes) is 1. The molecule has 0 aliphatic carbocycles. The lowest BCUT2D eigenvalue weighted by Crippen LogP contribution is -2.18. The molecule has 0 fully saturated rings. The fourth-order valence-electron chi connectivity index (χ4n) is 2.46. The molecule has 0 aliphatic rings. The van der Waals surface area contributed by atoms with Gasteiger partial charge in [-0.2, -0.15) is 0 Å². The Hall–Kier alpha value is -2.55. The van der Waals surface area contributed by atoms with Gasteiger partial charge in [0.2, 0.25) is 0 Å². The first-order valence-electron chi connectivity index (χ1n) is 8.36. The molecule has 2 rings (SSSR count). The van der Waals surface area contributed by atoms with Crippen molar-refractivity contribution in [2.75, 3.05) is 5.32 Å². The number of para-hydroxylation sites is 1. The van der Waals surface area contributed by atoms with Crippen molar-refractivity contribution in [2.24, 2.45) is 0 Å². The van der Waals surface area contributed by atoms with Crippen LogP contribution in [0, 0.1) is 3.57 Å². The second-order valence-corrected chi connectivity index (χ2v) is 7.01. The number of anilines is 1. The maximum Gasteiger partial charge on any atom is 0.412 e. The van der Waals surface area contributed by atoms with Gasteiger partial charge in [-0.1, -0.05) is 24.3 Å². The molecule has 6 nitrogen and oxygen atoms in total. The molecule has 3 N–H and O–H groups in total. The SMILES string of the molecule is O=C(O)/C=C/CCC[C@@H](OC(=O)Nc1ccccc1)c1cc(I)ccc1O. The molecule has 2 aromatic carbocycles. The predicted molar refractivity (Wildman–Crippen MR) is 111 cm³/mol. The predicted octanol–water partition coefficient (Wildman–Crippen LogP) is 5.10. The Balaban J connectivity index is 2.07. The Kier molecular flexibility index (Phi) is 8.12.